The number of anilines is 6. The molecule has 0 aromatic heterocycles. The number of hydrogen-bond acceptors (Lipinski definition) is 2. The van der Waals surface area contributed by atoms with E-state index >= 15 is 0 Å². The normalized spacial score (nSPS) is 13.7. The molecule has 298 valence electrons. The Balaban J connectivity index is 1.03. The van der Waals surface area contributed by atoms with Crippen molar-refractivity contribution >= 4 is 34.1 Å². The Morgan fingerprint density at radius 3 is 0.903 bits per heavy atom. The van der Waals surface area contributed by atoms with Crippen molar-refractivity contribution in [2.75, 3.05) is 9.80 Å². The molecule has 0 spiro atoms. The second kappa shape index (κ2) is 14.6. The fourth-order valence-electron chi connectivity index (χ4n) is 10.2. The highest BCUT2D eigenvalue weighted by Gasteiger charge is 2.37. The second-order valence-electron chi connectivity index (χ2n) is 17.8. The van der Waals surface area contributed by atoms with Gasteiger partial charge in [0.15, 0.2) is 0 Å². The highest BCUT2D eigenvalue weighted by Crippen LogP contribution is 2.53. The van der Waals surface area contributed by atoms with Crippen LogP contribution in [0.2, 0.25) is 0 Å². The van der Waals surface area contributed by atoms with Gasteiger partial charge >= 0.3 is 0 Å². The third-order valence-corrected chi connectivity index (χ3v) is 13.5. The minimum absolute atomic E-state index is 0.119. The fraction of sp³-hybridized carbons (Fsp3) is 0.100. The van der Waals surface area contributed by atoms with Crippen LogP contribution < -0.4 is 9.80 Å². The van der Waals surface area contributed by atoms with E-state index in [0.717, 1.165) is 34.1 Å². The molecule has 9 aromatic rings. The Morgan fingerprint density at radius 1 is 0.242 bits per heavy atom. The molecule has 0 heterocycles. The van der Waals surface area contributed by atoms with Gasteiger partial charge in [-0.05, 0) is 140 Å². The van der Waals surface area contributed by atoms with E-state index in [1.807, 2.05) is 0 Å². The predicted octanol–water partition coefficient (Wildman–Crippen LogP) is 16.6. The Morgan fingerprint density at radius 2 is 0.516 bits per heavy atom. The lowest BCUT2D eigenvalue weighted by atomic mass is 9.82. The van der Waals surface area contributed by atoms with Gasteiger partial charge in [-0.1, -0.05) is 173 Å². The monoisotopic (exact) mass is 796 g/mol. The Bertz CT molecular complexity index is 2900. The van der Waals surface area contributed by atoms with Gasteiger partial charge in [-0.3, -0.25) is 0 Å². The van der Waals surface area contributed by atoms with E-state index in [9.17, 15) is 0 Å². The molecule has 11 rings (SSSR count). The molecule has 0 aliphatic heterocycles. The minimum atomic E-state index is -0.119. The molecule has 0 radical (unpaired) electrons. The van der Waals surface area contributed by atoms with Crippen molar-refractivity contribution in [3.05, 3.63) is 241 Å². The molecule has 0 saturated heterocycles. The van der Waals surface area contributed by atoms with Crippen LogP contribution in [-0.4, -0.2) is 0 Å². The summed E-state index contributed by atoms with van der Waals surface area (Å²) in [4.78, 5) is 4.82. The lowest BCUT2D eigenvalue weighted by molar-refractivity contribution is 0.660. The summed E-state index contributed by atoms with van der Waals surface area (Å²) in [6.07, 6.45) is 0. The van der Waals surface area contributed by atoms with Gasteiger partial charge in [0.25, 0.3) is 0 Å². The number of fused-ring (bicyclic) bond motifs is 6. The Kier molecular flexibility index (Phi) is 8.87. The third-order valence-electron chi connectivity index (χ3n) is 13.5. The highest BCUT2D eigenvalue weighted by molar-refractivity contribution is 5.89. The van der Waals surface area contributed by atoms with E-state index in [-0.39, 0.29) is 10.8 Å². The van der Waals surface area contributed by atoms with Crippen LogP contribution in [0.5, 0.6) is 0 Å². The van der Waals surface area contributed by atoms with E-state index in [1.54, 1.807) is 0 Å². The zero-order valence-electron chi connectivity index (χ0n) is 35.7. The standard InChI is InChI=1S/C60H48N2/c1-59(2)55-21-13-11-19-51(55)53-37-35-49(39-57(53)59)62(50-36-38-54-52-20-12-14-22-56(52)60(3,4)58(54)40-50)48-33-31-47(32-34-48)61(45-27-23-43(24-28-45)41-15-7-5-8-16-41)46-29-25-44(26-30-46)42-17-9-6-10-18-42/h5-40H,1-4H3. The maximum Gasteiger partial charge on any atom is 0.0465 e. The van der Waals surface area contributed by atoms with Gasteiger partial charge in [-0.25, -0.2) is 0 Å². The summed E-state index contributed by atoms with van der Waals surface area (Å²) in [7, 11) is 0. The van der Waals surface area contributed by atoms with Crippen molar-refractivity contribution in [1.29, 1.82) is 0 Å². The maximum absolute atomic E-state index is 2.45. The summed E-state index contributed by atoms with van der Waals surface area (Å²) >= 11 is 0. The highest BCUT2D eigenvalue weighted by atomic mass is 15.2. The average molecular weight is 797 g/mol. The van der Waals surface area contributed by atoms with Crippen LogP contribution in [0, 0.1) is 0 Å². The first kappa shape index (κ1) is 37.6. The molecule has 62 heavy (non-hydrogen) atoms. The van der Waals surface area contributed by atoms with Crippen LogP contribution in [0.15, 0.2) is 218 Å². The van der Waals surface area contributed by atoms with Gasteiger partial charge in [0.2, 0.25) is 0 Å². The van der Waals surface area contributed by atoms with Gasteiger partial charge in [0.05, 0.1) is 0 Å². The summed E-state index contributed by atoms with van der Waals surface area (Å²) in [5.74, 6) is 0. The zero-order chi connectivity index (χ0) is 42.0. The van der Waals surface area contributed by atoms with Gasteiger partial charge < -0.3 is 9.80 Å². The van der Waals surface area contributed by atoms with Crippen LogP contribution in [-0.2, 0) is 10.8 Å². The Hall–Kier alpha value is -7.42. The molecule has 0 N–H and O–H groups in total. The number of hydrogen-bond donors (Lipinski definition) is 0. The minimum Gasteiger partial charge on any atom is -0.311 e. The maximum atomic E-state index is 2.45. The first-order valence-electron chi connectivity index (χ1n) is 21.8. The summed E-state index contributed by atoms with van der Waals surface area (Å²) in [6.45, 7) is 9.46. The summed E-state index contributed by atoms with van der Waals surface area (Å²) in [5.41, 5.74) is 22.1. The van der Waals surface area contributed by atoms with E-state index in [2.05, 4.69) is 256 Å². The van der Waals surface area contributed by atoms with E-state index in [0.29, 0.717) is 0 Å². The largest absolute Gasteiger partial charge is 0.311 e. The molecule has 2 aliphatic rings. The SMILES string of the molecule is CC1(C)c2ccccc2-c2ccc(N(c3ccc(N(c4ccc(-c5ccccc5)cc4)c4ccc(-c5ccccc5)cc4)cc3)c3ccc4c(c3)C(C)(C)c3ccccc3-4)cc21. The molecule has 0 saturated carbocycles. The molecule has 2 aliphatic carbocycles. The molecule has 9 aromatic carbocycles. The molecular weight excluding hydrogens is 749 g/mol. The van der Waals surface area contributed by atoms with E-state index in [4.69, 9.17) is 0 Å². The van der Waals surface area contributed by atoms with Crippen molar-refractivity contribution in [2.45, 2.75) is 38.5 Å². The Labute approximate surface area is 366 Å². The zero-order valence-corrected chi connectivity index (χ0v) is 35.7. The van der Waals surface area contributed by atoms with E-state index < -0.39 is 0 Å². The summed E-state index contributed by atoms with van der Waals surface area (Å²) in [6, 6.07) is 80.2. The average Bonchev–Trinajstić information content (AvgIpc) is 3.69. The summed E-state index contributed by atoms with van der Waals surface area (Å²) in [5, 5.41) is 0. The van der Waals surface area contributed by atoms with Crippen molar-refractivity contribution in [1.82, 2.24) is 0 Å². The quantitative estimate of drug-likeness (QED) is 0.151. The lowest BCUT2D eigenvalue weighted by Gasteiger charge is -2.30. The van der Waals surface area contributed by atoms with Crippen molar-refractivity contribution in [3.8, 4) is 44.5 Å². The van der Waals surface area contributed by atoms with Gasteiger partial charge in [0, 0.05) is 45.0 Å². The first-order chi connectivity index (χ1) is 30.3. The van der Waals surface area contributed by atoms with Crippen LogP contribution in [0.1, 0.15) is 49.9 Å². The molecular formula is C60H48N2. The summed E-state index contributed by atoms with van der Waals surface area (Å²) < 4.78 is 0. The smallest absolute Gasteiger partial charge is 0.0465 e. The first-order valence-corrected chi connectivity index (χ1v) is 21.8. The van der Waals surface area contributed by atoms with Crippen molar-refractivity contribution < 1.29 is 0 Å². The van der Waals surface area contributed by atoms with Crippen LogP contribution >= 0.6 is 0 Å². The predicted molar refractivity (Wildman–Crippen MR) is 262 cm³/mol. The number of benzene rings is 9. The molecule has 2 nitrogen and oxygen atoms in total. The second-order valence-corrected chi connectivity index (χ2v) is 17.8. The van der Waals surface area contributed by atoms with Crippen molar-refractivity contribution in [3.63, 3.8) is 0 Å². The van der Waals surface area contributed by atoms with Crippen LogP contribution in [0.4, 0.5) is 34.1 Å². The van der Waals surface area contributed by atoms with Gasteiger partial charge in [-0.2, -0.15) is 0 Å². The molecule has 0 fully saturated rings. The topological polar surface area (TPSA) is 6.48 Å². The van der Waals surface area contributed by atoms with Crippen molar-refractivity contribution in [2.24, 2.45) is 0 Å². The molecule has 0 bridgehead atoms. The van der Waals surface area contributed by atoms with Gasteiger partial charge in [0.1, 0.15) is 0 Å². The van der Waals surface area contributed by atoms with E-state index in [1.165, 1.54) is 66.8 Å². The van der Waals surface area contributed by atoms with Crippen LogP contribution in [0.25, 0.3) is 44.5 Å². The number of rotatable bonds is 8. The fourth-order valence-corrected chi connectivity index (χ4v) is 10.2. The lowest BCUT2D eigenvalue weighted by Crippen LogP contribution is -2.18. The molecule has 0 amide bonds. The molecule has 0 atom stereocenters. The van der Waals surface area contributed by atoms with Crippen LogP contribution in [0.3, 0.4) is 0 Å². The number of nitrogens with zero attached hydrogens (tertiary/aromatic N) is 2. The van der Waals surface area contributed by atoms with Gasteiger partial charge in [-0.15, -0.1) is 0 Å². The third kappa shape index (κ3) is 6.17. The molecule has 0 unspecified atom stereocenters. The molecule has 2 heteroatoms.